The van der Waals surface area contributed by atoms with E-state index in [9.17, 15) is 9.90 Å². The Labute approximate surface area is 108 Å². The number of nitrogens with one attached hydrogen (secondary N) is 1. The smallest absolute Gasteiger partial charge is 0.239 e. The van der Waals surface area contributed by atoms with Crippen LogP contribution < -0.4 is 11.1 Å². The van der Waals surface area contributed by atoms with Gasteiger partial charge in [-0.1, -0.05) is 25.5 Å². The molecule has 4 nitrogen and oxygen atoms in total. The molecule has 0 saturated heterocycles. The molecule has 4 heteroatoms. The van der Waals surface area contributed by atoms with Gasteiger partial charge in [-0.15, -0.1) is 0 Å². The number of phenolic OH excluding ortho intramolecular Hbond substituents is 1. The maximum atomic E-state index is 11.8. The molecule has 100 valence electrons. The minimum atomic E-state index is -0.798. The Morgan fingerprint density at radius 2 is 2.22 bits per heavy atom. The maximum absolute atomic E-state index is 11.8. The maximum Gasteiger partial charge on any atom is 0.239 e. The standard InChI is InChI=1S/C14H22N2O2/c1-3-8-14(2,15)13(18)16-9-7-11-5-4-6-12(17)10-11/h4-6,10,17H,3,7-9,15H2,1-2H3,(H,16,18). The van der Waals surface area contributed by atoms with Crippen LogP contribution in [0.1, 0.15) is 32.3 Å². The molecule has 0 heterocycles. The SMILES string of the molecule is CCCC(C)(N)C(=O)NCCc1cccc(O)c1. The van der Waals surface area contributed by atoms with Crippen LogP contribution >= 0.6 is 0 Å². The molecule has 0 bridgehead atoms. The van der Waals surface area contributed by atoms with Crippen LogP contribution in [0.3, 0.4) is 0 Å². The minimum Gasteiger partial charge on any atom is -0.508 e. The van der Waals surface area contributed by atoms with Gasteiger partial charge in [-0.2, -0.15) is 0 Å². The van der Waals surface area contributed by atoms with E-state index in [0.717, 1.165) is 12.0 Å². The summed E-state index contributed by atoms with van der Waals surface area (Å²) in [6, 6.07) is 7.02. The molecule has 0 fully saturated rings. The molecular weight excluding hydrogens is 228 g/mol. The van der Waals surface area contributed by atoms with E-state index in [1.165, 1.54) is 0 Å². The van der Waals surface area contributed by atoms with Crippen LogP contribution in [0, 0.1) is 0 Å². The van der Waals surface area contributed by atoms with E-state index < -0.39 is 5.54 Å². The van der Waals surface area contributed by atoms with E-state index in [0.29, 0.717) is 19.4 Å². The summed E-state index contributed by atoms with van der Waals surface area (Å²) in [4.78, 5) is 11.8. The van der Waals surface area contributed by atoms with E-state index in [-0.39, 0.29) is 11.7 Å². The van der Waals surface area contributed by atoms with Crippen molar-refractivity contribution in [2.45, 2.75) is 38.6 Å². The van der Waals surface area contributed by atoms with E-state index in [1.807, 2.05) is 13.0 Å². The molecule has 0 radical (unpaired) electrons. The van der Waals surface area contributed by atoms with Gasteiger partial charge in [0.2, 0.25) is 5.91 Å². The molecule has 1 unspecified atom stereocenters. The number of amides is 1. The number of hydrogen-bond acceptors (Lipinski definition) is 3. The van der Waals surface area contributed by atoms with Crippen molar-refractivity contribution in [3.8, 4) is 5.75 Å². The second kappa shape index (κ2) is 6.40. The Bertz CT molecular complexity index is 403. The van der Waals surface area contributed by atoms with Gasteiger partial charge in [0.05, 0.1) is 5.54 Å². The van der Waals surface area contributed by atoms with Crippen molar-refractivity contribution in [2.24, 2.45) is 5.73 Å². The lowest BCUT2D eigenvalue weighted by Crippen LogP contribution is -2.51. The fraction of sp³-hybridized carbons (Fsp3) is 0.500. The first-order valence-electron chi connectivity index (χ1n) is 6.31. The van der Waals surface area contributed by atoms with Gasteiger partial charge in [0.15, 0.2) is 0 Å². The summed E-state index contributed by atoms with van der Waals surface area (Å²) in [6.45, 7) is 4.28. The fourth-order valence-corrected chi connectivity index (χ4v) is 1.87. The number of rotatable bonds is 6. The first-order valence-corrected chi connectivity index (χ1v) is 6.31. The number of carbonyl (C=O) groups is 1. The van der Waals surface area contributed by atoms with Crippen LogP contribution in [-0.4, -0.2) is 23.1 Å². The number of carbonyl (C=O) groups excluding carboxylic acids is 1. The zero-order valence-corrected chi connectivity index (χ0v) is 11.1. The molecular formula is C14H22N2O2. The molecule has 1 aromatic carbocycles. The Morgan fingerprint density at radius 3 is 2.83 bits per heavy atom. The van der Waals surface area contributed by atoms with Crippen molar-refractivity contribution in [1.82, 2.24) is 5.32 Å². The lowest BCUT2D eigenvalue weighted by atomic mass is 9.96. The summed E-state index contributed by atoms with van der Waals surface area (Å²) in [6.07, 6.45) is 2.24. The summed E-state index contributed by atoms with van der Waals surface area (Å²) in [7, 11) is 0. The highest BCUT2D eigenvalue weighted by molar-refractivity contribution is 5.85. The van der Waals surface area contributed by atoms with Crippen LogP contribution in [0.25, 0.3) is 0 Å². The molecule has 1 rings (SSSR count). The third kappa shape index (κ3) is 4.37. The third-order valence-electron chi connectivity index (χ3n) is 2.90. The Kier molecular flexibility index (Phi) is 5.16. The first kappa shape index (κ1) is 14.5. The molecule has 4 N–H and O–H groups in total. The van der Waals surface area contributed by atoms with E-state index in [1.54, 1.807) is 25.1 Å². The van der Waals surface area contributed by atoms with Crippen molar-refractivity contribution < 1.29 is 9.90 Å². The van der Waals surface area contributed by atoms with Gasteiger partial charge in [-0.3, -0.25) is 4.79 Å². The molecule has 1 aromatic rings. The van der Waals surface area contributed by atoms with Gasteiger partial charge in [0.1, 0.15) is 5.75 Å². The summed E-state index contributed by atoms with van der Waals surface area (Å²) < 4.78 is 0. The Morgan fingerprint density at radius 1 is 1.50 bits per heavy atom. The van der Waals surface area contributed by atoms with Crippen molar-refractivity contribution in [3.63, 3.8) is 0 Å². The molecule has 1 amide bonds. The molecule has 0 aliphatic rings. The average molecular weight is 250 g/mol. The highest BCUT2D eigenvalue weighted by Crippen LogP contribution is 2.11. The fourth-order valence-electron chi connectivity index (χ4n) is 1.87. The van der Waals surface area contributed by atoms with Crippen LogP contribution in [0.15, 0.2) is 24.3 Å². The normalized spacial score (nSPS) is 13.9. The largest absolute Gasteiger partial charge is 0.508 e. The Hall–Kier alpha value is -1.55. The van der Waals surface area contributed by atoms with Gasteiger partial charge in [-0.25, -0.2) is 0 Å². The second-order valence-corrected chi connectivity index (χ2v) is 4.84. The van der Waals surface area contributed by atoms with Crippen molar-refractivity contribution in [2.75, 3.05) is 6.54 Å². The zero-order chi connectivity index (χ0) is 13.6. The highest BCUT2D eigenvalue weighted by atomic mass is 16.3. The summed E-state index contributed by atoms with van der Waals surface area (Å²) in [5.74, 6) is 0.123. The van der Waals surface area contributed by atoms with E-state index in [4.69, 9.17) is 5.73 Å². The predicted octanol–water partition coefficient (Wildman–Crippen LogP) is 1.57. The van der Waals surface area contributed by atoms with Crippen LogP contribution in [0.4, 0.5) is 0 Å². The number of benzene rings is 1. The van der Waals surface area contributed by atoms with Crippen LogP contribution in [0.2, 0.25) is 0 Å². The van der Waals surface area contributed by atoms with Gasteiger partial charge >= 0.3 is 0 Å². The number of hydrogen-bond donors (Lipinski definition) is 3. The lowest BCUT2D eigenvalue weighted by Gasteiger charge is -2.22. The number of phenols is 1. The van der Waals surface area contributed by atoms with Gasteiger partial charge in [0.25, 0.3) is 0 Å². The first-order chi connectivity index (χ1) is 8.45. The van der Waals surface area contributed by atoms with Crippen molar-refractivity contribution in [3.05, 3.63) is 29.8 Å². The minimum absolute atomic E-state index is 0.121. The summed E-state index contributed by atoms with van der Waals surface area (Å²) in [5, 5.41) is 12.1. The molecule has 0 aromatic heterocycles. The summed E-state index contributed by atoms with van der Waals surface area (Å²) in [5.41, 5.74) is 6.11. The average Bonchev–Trinajstić information content (AvgIpc) is 2.28. The van der Waals surface area contributed by atoms with Crippen molar-refractivity contribution >= 4 is 5.91 Å². The second-order valence-electron chi connectivity index (χ2n) is 4.84. The molecule has 0 aliphatic heterocycles. The van der Waals surface area contributed by atoms with Gasteiger partial charge in [-0.05, 0) is 37.5 Å². The molecule has 0 saturated carbocycles. The quantitative estimate of drug-likeness (QED) is 0.717. The molecule has 18 heavy (non-hydrogen) atoms. The zero-order valence-electron chi connectivity index (χ0n) is 11.1. The van der Waals surface area contributed by atoms with Crippen molar-refractivity contribution in [1.29, 1.82) is 0 Å². The molecule has 0 spiro atoms. The van der Waals surface area contributed by atoms with Gasteiger partial charge < -0.3 is 16.2 Å². The van der Waals surface area contributed by atoms with Gasteiger partial charge in [0, 0.05) is 6.54 Å². The van der Waals surface area contributed by atoms with E-state index >= 15 is 0 Å². The van der Waals surface area contributed by atoms with Crippen LogP contribution in [-0.2, 0) is 11.2 Å². The third-order valence-corrected chi connectivity index (χ3v) is 2.90. The lowest BCUT2D eigenvalue weighted by molar-refractivity contribution is -0.126. The monoisotopic (exact) mass is 250 g/mol. The Balaban J connectivity index is 2.40. The topological polar surface area (TPSA) is 75.4 Å². The molecule has 1 atom stereocenters. The van der Waals surface area contributed by atoms with Crippen LogP contribution in [0.5, 0.6) is 5.75 Å². The highest BCUT2D eigenvalue weighted by Gasteiger charge is 2.26. The number of aromatic hydroxyl groups is 1. The van der Waals surface area contributed by atoms with E-state index in [2.05, 4.69) is 5.32 Å². The number of nitrogens with two attached hydrogens (primary N) is 1. The predicted molar refractivity (Wildman–Crippen MR) is 72.3 cm³/mol. The summed E-state index contributed by atoms with van der Waals surface area (Å²) >= 11 is 0. The molecule has 0 aliphatic carbocycles.